The molecule has 42 heavy (non-hydrogen) atoms. The molecule has 1 saturated carbocycles. The second-order valence-electron chi connectivity index (χ2n) is 12.4. The molecule has 8 atom stereocenters. The fraction of sp³-hybridized carbons (Fsp3) is 0.485. The van der Waals surface area contributed by atoms with Gasteiger partial charge in [0, 0.05) is 28.3 Å². The highest BCUT2D eigenvalue weighted by Gasteiger charge is 2.72. The largest absolute Gasteiger partial charge is 0.359 e. The molecule has 2 aromatic carbocycles. The van der Waals surface area contributed by atoms with Crippen LogP contribution in [0.2, 0.25) is 10.0 Å². The van der Waals surface area contributed by atoms with E-state index in [1.165, 1.54) is 0 Å². The van der Waals surface area contributed by atoms with E-state index in [-0.39, 0.29) is 30.3 Å². The van der Waals surface area contributed by atoms with Gasteiger partial charge in [-0.2, -0.15) is 0 Å². The van der Waals surface area contributed by atoms with Crippen LogP contribution in [0.25, 0.3) is 0 Å². The van der Waals surface area contributed by atoms with Crippen molar-refractivity contribution >= 4 is 46.6 Å². The fourth-order valence-corrected chi connectivity index (χ4v) is 7.80. The van der Waals surface area contributed by atoms with Gasteiger partial charge in [0.15, 0.2) is 0 Å². The molecule has 7 nitrogen and oxygen atoms in total. The topological polar surface area (TPSA) is 87.7 Å². The summed E-state index contributed by atoms with van der Waals surface area (Å²) in [6.45, 7) is 6.57. The summed E-state index contributed by atoms with van der Waals surface area (Å²) < 4.78 is 6.50. The first kappa shape index (κ1) is 29.2. The van der Waals surface area contributed by atoms with Crippen LogP contribution >= 0.6 is 23.2 Å². The van der Waals surface area contributed by atoms with Crippen LogP contribution in [0.1, 0.15) is 44.2 Å². The summed E-state index contributed by atoms with van der Waals surface area (Å²) in [6, 6.07) is 11.9. The van der Waals surface area contributed by atoms with Gasteiger partial charge in [-0.1, -0.05) is 86.3 Å². The SMILES string of the molecule is Cc1ccc(NC(=O)[C@@H]2[C@@H]3C=C[C@]4(O3)[C@@H]2C(=O)N(CCc2ccccc2Cl)[C@H]4C(=O)N[C@@H]2CCC[C@@H](C)[C@H]2C)cc1Cl. The number of amides is 3. The number of fused-ring (bicyclic) bond motifs is 1. The first-order valence-electron chi connectivity index (χ1n) is 14.9. The van der Waals surface area contributed by atoms with E-state index in [4.69, 9.17) is 27.9 Å². The maximum absolute atomic E-state index is 14.3. The monoisotopic (exact) mass is 609 g/mol. The molecule has 222 valence electrons. The minimum absolute atomic E-state index is 0.0187. The average Bonchev–Trinajstić information content (AvgIpc) is 3.60. The van der Waals surface area contributed by atoms with Crippen LogP contribution in [0, 0.1) is 30.6 Å². The predicted molar refractivity (Wildman–Crippen MR) is 163 cm³/mol. The van der Waals surface area contributed by atoms with Crippen LogP contribution in [0.3, 0.4) is 0 Å². The Morgan fingerprint density at radius 2 is 1.86 bits per heavy atom. The molecule has 2 saturated heterocycles. The van der Waals surface area contributed by atoms with Crippen molar-refractivity contribution in [3.8, 4) is 0 Å². The smallest absolute Gasteiger partial charge is 0.246 e. The highest BCUT2D eigenvalue weighted by molar-refractivity contribution is 6.31. The molecule has 2 bridgehead atoms. The third-order valence-electron chi connectivity index (χ3n) is 9.98. The van der Waals surface area contributed by atoms with E-state index in [1.54, 1.807) is 17.0 Å². The minimum atomic E-state index is -1.22. The van der Waals surface area contributed by atoms with Crippen LogP contribution in [0.5, 0.6) is 0 Å². The maximum atomic E-state index is 14.3. The van der Waals surface area contributed by atoms with Crippen molar-refractivity contribution < 1.29 is 19.1 Å². The third-order valence-corrected chi connectivity index (χ3v) is 10.8. The van der Waals surface area contributed by atoms with Crippen molar-refractivity contribution in [2.45, 2.75) is 70.2 Å². The number of halogens is 2. The number of ether oxygens (including phenoxy) is 1. The molecule has 6 rings (SSSR count). The van der Waals surface area contributed by atoms with Gasteiger partial charge in [0.05, 0.1) is 17.9 Å². The Hall–Kier alpha value is -2.87. The number of nitrogens with zero attached hydrogens (tertiary/aromatic N) is 1. The first-order valence-corrected chi connectivity index (χ1v) is 15.6. The summed E-state index contributed by atoms with van der Waals surface area (Å²) in [5.74, 6) is -1.59. The van der Waals surface area contributed by atoms with Crippen molar-refractivity contribution in [1.29, 1.82) is 0 Å². The molecule has 0 unspecified atom stereocenters. The molecule has 0 aromatic heterocycles. The summed E-state index contributed by atoms with van der Waals surface area (Å²) in [5.41, 5.74) is 1.12. The summed E-state index contributed by atoms with van der Waals surface area (Å²) in [5, 5.41) is 7.39. The predicted octanol–water partition coefficient (Wildman–Crippen LogP) is 5.57. The number of aryl methyl sites for hydroxylation is 1. The van der Waals surface area contributed by atoms with E-state index in [9.17, 15) is 14.4 Å². The highest BCUT2D eigenvalue weighted by atomic mass is 35.5. The van der Waals surface area contributed by atoms with Crippen molar-refractivity contribution in [3.63, 3.8) is 0 Å². The molecule has 3 heterocycles. The van der Waals surface area contributed by atoms with E-state index in [2.05, 4.69) is 24.5 Å². The Kier molecular flexibility index (Phi) is 7.88. The Labute approximate surface area is 257 Å². The number of likely N-dealkylation sites (tertiary alicyclic amines) is 1. The van der Waals surface area contributed by atoms with E-state index < -0.39 is 29.6 Å². The summed E-state index contributed by atoms with van der Waals surface area (Å²) >= 11 is 12.7. The van der Waals surface area contributed by atoms with E-state index >= 15 is 0 Å². The Bertz CT molecular complexity index is 1450. The van der Waals surface area contributed by atoms with E-state index in [0.717, 1.165) is 30.4 Å². The van der Waals surface area contributed by atoms with Crippen molar-refractivity contribution in [2.75, 3.05) is 11.9 Å². The Morgan fingerprint density at radius 3 is 2.62 bits per heavy atom. The Balaban J connectivity index is 1.31. The first-order chi connectivity index (χ1) is 20.1. The van der Waals surface area contributed by atoms with Gasteiger partial charge in [-0.25, -0.2) is 0 Å². The second-order valence-corrected chi connectivity index (χ2v) is 13.2. The van der Waals surface area contributed by atoms with Crippen LogP contribution in [0.15, 0.2) is 54.6 Å². The number of nitrogens with one attached hydrogen (secondary N) is 2. The van der Waals surface area contributed by atoms with Gasteiger partial charge in [-0.15, -0.1) is 0 Å². The van der Waals surface area contributed by atoms with Gasteiger partial charge in [0.2, 0.25) is 17.7 Å². The average molecular weight is 611 g/mol. The van der Waals surface area contributed by atoms with Gasteiger partial charge in [0.25, 0.3) is 0 Å². The van der Waals surface area contributed by atoms with Crippen LogP contribution < -0.4 is 10.6 Å². The molecule has 3 aliphatic heterocycles. The van der Waals surface area contributed by atoms with Gasteiger partial charge in [-0.3, -0.25) is 14.4 Å². The van der Waals surface area contributed by atoms with Crippen molar-refractivity contribution in [2.24, 2.45) is 23.7 Å². The van der Waals surface area contributed by atoms with Gasteiger partial charge < -0.3 is 20.3 Å². The molecule has 3 amide bonds. The fourth-order valence-electron chi connectivity index (χ4n) is 7.39. The van der Waals surface area contributed by atoms with Gasteiger partial charge in [0.1, 0.15) is 11.6 Å². The lowest BCUT2D eigenvalue weighted by Gasteiger charge is -2.38. The zero-order valence-corrected chi connectivity index (χ0v) is 25.6. The molecule has 0 radical (unpaired) electrons. The molecular weight excluding hydrogens is 573 g/mol. The summed E-state index contributed by atoms with van der Waals surface area (Å²) in [7, 11) is 0. The number of hydrogen-bond donors (Lipinski definition) is 2. The summed E-state index contributed by atoms with van der Waals surface area (Å²) in [4.78, 5) is 43.8. The number of anilines is 1. The standard InChI is InChI=1S/C33H37Cl2N3O4/c1-18-7-6-10-25(20(18)3)37-31(40)29-33-15-13-26(42-33)27(30(39)36-22-12-11-19(2)24(35)17-22)28(33)32(41)38(29)16-14-21-8-4-5-9-23(21)34/h4-5,8-9,11-13,15,17-18,20,25-29H,6-7,10,14,16H2,1-3H3,(H,36,39)(H,37,40)/t18-,20-,25-,26+,27-,28+,29+,33+/m1/s1. The normalized spacial score (nSPS) is 33.1. The minimum Gasteiger partial charge on any atom is -0.359 e. The lowest BCUT2D eigenvalue weighted by atomic mass is 9.73. The van der Waals surface area contributed by atoms with Gasteiger partial charge in [-0.05, 0) is 60.9 Å². The van der Waals surface area contributed by atoms with E-state index in [1.807, 2.05) is 49.4 Å². The van der Waals surface area contributed by atoms with Crippen LogP contribution in [-0.4, -0.2) is 53.0 Å². The molecule has 3 fully saturated rings. The molecule has 4 aliphatic rings. The number of carbonyl (C=O) groups is 3. The summed E-state index contributed by atoms with van der Waals surface area (Å²) in [6.07, 6.45) is 6.64. The van der Waals surface area contributed by atoms with Crippen LogP contribution in [-0.2, 0) is 25.5 Å². The molecule has 1 aliphatic carbocycles. The van der Waals surface area contributed by atoms with Crippen molar-refractivity contribution in [3.05, 3.63) is 75.8 Å². The van der Waals surface area contributed by atoms with E-state index in [0.29, 0.717) is 34.0 Å². The molecule has 9 heteroatoms. The third kappa shape index (κ3) is 4.93. The zero-order valence-electron chi connectivity index (χ0n) is 24.1. The quantitative estimate of drug-likeness (QED) is 0.401. The lowest BCUT2D eigenvalue weighted by Crippen LogP contribution is -2.58. The zero-order chi connectivity index (χ0) is 29.8. The lowest BCUT2D eigenvalue weighted by molar-refractivity contribution is -0.141. The number of benzene rings is 2. The molecule has 2 aromatic rings. The maximum Gasteiger partial charge on any atom is 0.246 e. The van der Waals surface area contributed by atoms with Crippen molar-refractivity contribution in [1.82, 2.24) is 10.2 Å². The number of hydrogen-bond acceptors (Lipinski definition) is 4. The van der Waals surface area contributed by atoms with Crippen LogP contribution in [0.4, 0.5) is 5.69 Å². The second kappa shape index (κ2) is 11.3. The molecular formula is C33H37Cl2N3O4. The Morgan fingerprint density at radius 1 is 1.07 bits per heavy atom. The highest BCUT2D eigenvalue weighted by Crippen LogP contribution is 2.55. The number of carbonyl (C=O) groups excluding carboxylic acids is 3. The molecule has 1 spiro atoms. The molecule has 2 N–H and O–H groups in total. The van der Waals surface area contributed by atoms with Gasteiger partial charge >= 0.3 is 0 Å². The number of rotatable bonds is 7.